The second-order valence-electron chi connectivity index (χ2n) is 6.33. The number of nitrogens with zero attached hydrogens (tertiary/aromatic N) is 5. The molecule has 3 rings (SSSR count). The molecule has 2 fully saturated rings. The first-order chi connectivity index (χ1) is 9.59. The third-order valence-corrected chi connectivity index (χ3v) is 5.00. The number of hydrogen-bond donors (Lipinski definition) is 0. The average molecular weight is 275 g/mol. The van der Waals surface area contributed by atoms with Gasteiger partial charge in [-0.3, -0.25) is 4.90 Å². The Kier molecular flexibility index (Phi) is 3.65. The third-order valence-electron chi connectivity index (χ3n) is 5.00. The van der Waals surface area contributed by atoms with Crippen LogP contribution in [0.2, 0.25) is 0 Å². The summed E-state index contributed by atoms with van der Waals surface area (Å²) in [6.45, 7) is 7.62. The van der Waals surface area contributed by atoms with Gasteiger partial charge in [0.25, 0.3) is 0 Å². The molecule has 2 saturated heterocycles. The van der Waals surface area contributed by atoms with Crippen LogP contribution in [0.5, 0.6) is 0 Å². The van der Waals surface area contributed by atoms with E-state index in [0.29, 0.717) is 5.54 Å². The fraction of sp³-hybridized carbons (Fsp3) is 0.733. The maximum atomic E-state index is 4.60. The molecule has 1 spiro atoms. The maximum absolute atomic E-state index is 4.60. The zero-order chi connectivity index (χ0) is 14.2. The van der Waals surface area contributed by atoms with E-state index in [1.54, 1.807) is 0 Å². The molecule has 0 atom stereocenters. The number of anilines is 1. The van der Waals surface area contributed by atoms with Crippen LogP contribution >= 0.6 is 0 Å². The van der Waals surface area contributed by atoms with Gasteiger partial charge in [-0.15, -0.1) is 0 Å². The van der Waals surface area contributed by atoms with Crippen molar-refractivity contribution in [3.05, 3.63) is 18.1 Å². The van der Waals surface area contributed by atoms with Gasteiger partial charge in [-0.1, -0.05) is 0 Å². The van der Waals surface area contributed by atoms with E-state index in [0.717, 1.165) is 31.3 Å². The molecule has 0 radical (unpaired) electrons. The minimum absolute atomic E-state index is 0.323. The van der Waals surface area contributed by atoms with Crippen molar-refractivity contribution in [3.63, 3.8) is 0 Å². The number of likely N-dealkylation sites (tertiary alicyclic amines) is 1. The summed E-state index contributed by atoms with van der Waals surface area (Å²) in [6.07, 6.45) is 4.37. The molecule has 0 saturated carbocycles. The number of rotatable bonds is 1. The first-order valence-electron chi connectivity index (χ1n) is 7.53. The summed E-state index contributed by atoms with van der Waals surface area (Å²) in [7, 11) is 4.51. The second kappa shape index (κ2) is 5.30. The van der Waals surface area contributed by atoms with Gasteiger partial charge in [-0.05, 0) is 53.0 Å². The topological polar surface area (TPSA) is 35.5 Å². The Morgan fingerprint density at radius 1 is 1.10 bits per heavy atom. The number of aromatic nitrogens is 2. The van der Waals surface area contributed by atoms with E-state index < -0.39 is 0 Å². The average Bonchev–Trinajstić information content (AvgIpc) is 2.45. The van der Waals surface area contributed by atoms with Crippen molar-refractivity contribution in [1.82, 2.24) is 19.8 Å². The minimum Gasteiger partial charge on any atom is -0.353 e. The Balaban J connectivity index is 1.79. The summed E-state index contributed by atoms with van der Waals surface area (Å²) < 4.78 is 0. The van der Waals surface area contributed by atoms with Gasteiger partial charge < -0.3 is 9.80 Å². The first kappa shape index (κ1) is 13.8. The van der Waals surface area contributed by atoms with E-state index in [2.05, 4.69) is 38.8 Å². The Hall–Kier alpha value is -1.20. The van der Waals surface area contributed by atoms with Crippen LogP contribution < -0.4 is 4.90 Å². The van der Waals surface area contributed by atoms with Gasteiger partial charge in [0.1, 0.15) is 11.6 Å². The molecule has 2 aliphatic rings. The summed E-state index contributed by atoms with van der Waals surface area (Å²) >= 11 is 0. The highest BCUT2D eigenvalue weighted by Crippen LogP contribution is 2.32. The summed E-state index contributed by atoms with van der Waals surface area (Å²) in [5, 5.41) is 0. The van der Waals surface area contributed by atoms with Gasteiger partial charge in [-0.2, -0.15) is 0 Å². The number of piperazine rings is 1. The molecular weight excluding hydrogens is 250 g/mol. The van der Waals surface area contributed by atoms with Crippen molar-refractivity contribution in [2.24, 2.45) is 0 Å². The Morgan fingerprint density at radius 3 is 2.55 bits per heavy atom. The highest BCUT2D eigenvalue weighted by Gasteiger charge is 2.41. The molecule has 110 valence electrons. The van der Waals surface area contributed by atoms with Crippen LogP contribution in [-0.4, -0.2) is 72.1 Å². The van der Waals surface area contributed by atoms with Crippen molar-refractivity contribution in [3.8, 4) is 0 Å². The first-order valence-corrected chi connectivity index (χ1v) is 7.53. The van der Waals surface area contributed by atoms with Gasteiger partial charge in [-0.25, -0.2) is 9.97 Å². The number of hydrogen-bond acceptors (Lipinski definition) is 5. The lowest BCUT2D eigenvalue weighted by atomic mass is 9.84. The molecule has 5 heteroatoms. The lowest BCUT2D eigenvalue weighted by Gasteiger charge is -2.53. The normalized spacial score (nSPS) is 24.2. The zero-order valence-corrected chi connectivity index (χ0v) is 12.8. The fourth-order valence-corrected chi connectivity index (χ4v) is 3.45. The van der Waals surface area contributed by atoms with E-state index in [4.69, 9.17) is 0 Å². The molecule has 0 N–H and O–H groups in total. The molecule has 5 nitrogen and oxygen atoms in total. The Bertz CT molecular complexity index is 467. The molecule has 3 heterocycles. The van der Waals surface area contributed by atoms with E-state index >= 15 is 0 Å². The quantitative estimate of drug-likeness (QED) is 0.764. The molecule has 0 amide bonds. The smallest absolute Gasteiger partial charge is 0.132 e. The molecule has 0 aliphatic carbocycles. The Morgan fingerprint density at radius 2 is 1.85 bits per heavy atom. The van der Waals surface area contributed by atoms with Crippen LogP contribution in [0.4, 0.5) is 5.82 Å². The van der Waals surface area contributed by atoms with Crippen LogP contribution in [0, 0.1) is 6.92 Å². The highest BCUT2D eigenvalue weighted by molar-refractivity contribution is 5.39. The second-order valence-corrected chi connectivity index (χ2v) is 6.33. The third kappa shape index (κ3) is 2.52. The molecule has 20 heavy (non-hydrogen) atoms. The fourth-order valence-electron chi connectivity index (χ4n) is 3.45. The van der Waals surface area contributed by atoms with Crippen LogP contribution in [0.15, 0.2) is 12.3 Å². The predicted molar refractivity (Wildman–Crippen MR) is 81.1 cm³/mol. The van der Waals surface area contributed by atoms with Crippen molar-refractivity contribution in [2.75, 3.05) is 51.7 Å². The van der Waals surface area contributed by atoms with E-state index in [1.807, 2.05) is 19.2 Å². The molecular formula is C15H25N5. The van der Waals surface area contributed by atoms with E-state index in [9.17, 15) is 0 Å². The number of likely N-dealkylation sites (N-methyl/N-ethyl adjacent to an activating group) is 1. The molecule has 0 bridgehead atoms. The summed E-state index contributed by atoms with van der Waals surface area (Å²) in [4.78, 5) is 16.3. The minimum atomic E-state index is 0.323. The van der Waals surface area contributed by atoms with Gasteiger partial charge in [0, 0.05) is 31.4 Å². The van der Waals surface area contributed by atoms with Crippen LogP contribution in [0.3, 0.4) is 0 Å². The summed E-state index contributed by atoms with van der Waals surface area (Å²) in [5.74, 6) is 1.95. The van der Waals surface area contributed by atoms with Crippen molar-refractivity contribution in [1.29, 1.82) is 0 Å². The van der Waals surface area contributed by atoms with Crippen molar-refractivity contribution in [2.45, 2.75) is 25.3 Å². The maximum Gasteiger partial charge on any atom is 0.132 e. The van der Waals surface area contributed by atoms with E-state index in [1.165, 1.54) is 25.9 Å². The summed E-state index contributed by atoms with van der Waals surface area (Å²) in [6, 6.07) is 2.04. The van der Waals surface area contributed by atoms with Gasteiger partial charge in [0.2, 0.25) is 0 Å². The zero-order valence-electron chi connectivity index (χ0n) is 12.8. The van der Waals surface area contributed by atoms with Crippen LogP contribution in [0.25, 0.3) is 0 Å². The van der Waals surface area contributed by atoms with Crippen molar-refractivity contribution >= 4 is 5.82 Å². The predicted octanol–water partition coefficient (Wildman–Crippen LogP) is 1.00. The van der Waals surface area contributed by atoms with Gasteiger partial charge in [0.05, 0.1) is 0 Å². The molecule has 1 aromatic heterocycles. The summed E-state index contributed by atoms with van der Waals surface area (Å²) in [5.41, 5.74) is 0.323. The van der Waals surface area contributed by atoms with Gasteiger partial charge in [0.15, 0.2) is 0 Å². The number of piperidine rings is 1. The molecule has 1 aromatic rings. The van der Waals surface area contributed by atoms with Crippen molar-refractivity contribution < 1.29 is 0 Å². The lowest BCUT2D eigenvalue weighted by Crippen LogP contribution is -2.64. The highest BCUT2D eigenvalue weighted by atomic mass is 15.3. The van der Waals surface area contributed by atoms with Crippen LogP contribution in [-0.2, 0) is 0 Å². The van der Waals surface area contributed by atoms with E-state index in [-0.39, 0.29) is 0 Å². The largest absolute Gasteiger partial charge is 0.353 e. The molecule has 0 unspecified atom stereocenters. The standard InChI is InChI=1S/C15H25N5/c1-13-16-7-4-14(17-13)20-11-10-19(3)15(12-20)5-8-18(2)9-6-15/h4,7H,5-6,8-12H2,1-3H3. The molecule has 2 aliphatic heterocycles. The van der Waals surface area contributed by atoms with Crippen LogP contribution in [0.1, 0.15) is 18.7 Å². The Labute approximate surface area is 121 Å². The lowest BCUT2D eigenvalue weighted by molar-refractivity contribution is 0.0383. The monoisotopic (exact) mass is 275 g/mol. The number of aryl methyl sites for hydroxylation is 1. The van der Waals surface area contributed by atoms with Gasteiger partial charge >= 0.3 is 0 Å². The molecule has 0 aromatic carbocycles. The SMILES string of the molecule is Cc1nccc(N2CCN(C)C3(CCN(C)CC3)C2)n1.